The van der Waals surface area contributed by atoms with Gasteiger partial charge in [0, 0.05) is 23.6 Å². The zero-order valence-corrected chi connectivity index (χ0v) is 14.7. The van der Waals surface area contributed by atoms with Crippen LogP contribution in [0.2, 0.25) is 0 Å². The van der Waals surface area contributed by atoms with Crippen molar-refractivity contribution in [2.45, 2.75) is 45.0 Å². The lowest BCUT2D eigenvalue weighted by Crippen LogP contribution is -2.45. The molecule has 4 rings (SSSR count). The third kappa shape index (κ3) is 2.28. The molecule has 1 saturated heterocycles. The molecule has 4 heteroatoms. The number of aromatic amines is 1. The number of nitrogens with one attached hydrogen (secondary N) is 1. The second-order valence-electron chi connectivity index (χ2n) is 8.56. The highest BCUT2D eigenvalue weighted by Crippen LogP contribution is 2.59. The minimum atomic E-state index is -0.550. The van der Waals surface area contributed by atoms with Crippen molar-refractivity contribution < 1.29 is 4.79 Å². The molecule has 1 aromatic heterocycles. The summed E-state index contributed by atoms with van der Waals surface area (Å²) in [7, 11) is 0. The Morgan fingerprint density at radius 1 is 1.17 bits per heavy atom. The summed E-state index contributed by atoms with van der Waals surface area (Å²) in [6.07, 6.45) is 4.68. The van der Waals surface area contributed by atoms with Crippen LogP contribution in [0.4, 0.5) is 0 Å². The molecular formula is C19H23ClN2O. The van der Waals surface area contributed by atoms with Crippen molar-refractivity contribution >= 4 is 28.4 Å². The molecule has 1 aliphatic carbocycles. The molecule has 0 radical (unpaired) electrons. The summed E-state index contributed by atoms with van der Waals surface area (Å²) in [6, 6.07) is 7.93. The smallest absolute Gasteiger partial charge is 0.257 e. The average molecular weight is 331 g/mol. The third-order valence-electron chi connectivity index (χ3n) is 5.44. The molecule has 23 heavy (non-hydrogen) atoms. The van der Waals surface area contributed by atoms with Gasteiger partial charge >= 0.3 is 0 Å². The molecule has 0 spiro atoms. The summed E-state index contributed by atoms with van der Waals surface area (Å²) in [4.78, 5) is 17.8. The van der Waals surface area contributed by atoms with Gasteiger partial charge in [0.2, 0.25) is 0 Å². The summed E-state index contributed by atoms with van der Waals surface area (Å²) in [5.41, 5.74) is 2.01. The van der Waals surface area contributed by atoms with Crippen LogP contribution in [0.5, 0.6) is 0 Å². The van der Waals surface area contributed by atoms with Crippen LogP contribution in [0.3, 0.4) is 0 Å². The highest BCUT2D eigenvalue weighted by Gasteiger charge is 2.59. The van der Waals surface area contributed by atoms with Crippen molar-refractivity contribution in [3.8, 4) is 0 Å². The number of hydrogen-bond acceptors (Lipinski definition) is 1. The SMILES string of the molecule is CC1(C)CC2(Cl)C[C@](C)(CN2C(=O)c2c[nH]c3ccccc23)C1. The predicted molar refractivity (Wildman–Crippen MR) is 93.7 cm³/mol. The number of halogens is 1. The van der Waals surface area contributed by atoms with Gasteiger partial charge in [0.15, 0.2) is 0 Å². The molecule has 2 bridgehead atoms. The summed E-state index contributed by atoms with van der Waals surface area (Å²) in [5.74, 6) is 0.0545. The minimum Gasteiger partial charge on any atom is -0.360 e. The lowest BCUT2D eigenvalue weighted by molar-refractivity contribution is 0.0647. The number of alkyl halides is 1. The first-order valence-electron chi connectivity index (χ1n) is 8.29. The van der Waals surface area contributed by atoms with E-state index in [4.69, 9.17) is 11.6 Å². The van der Waals surface area contributed by atoms with E-state index in [2.05, 4.69) is 25.8 Å². The quantitative estimate of drug-likeness (QED) is 0.593. The molecule has 2 aliphatic rings. The molecule has 1 N–H and O–H groups in total. The Labute approximate surface area is 142 Å². The first-order valence-corrected chi connectivity index (χ1v) is 8.66. The van der Waals surface area contributed by atoms with Gasteiger partial charge in [-0.15, -0.1) is 0 Å². The molecule has 2 aromatic rings. The van der Waals surface area contributed by atoms with Crippen LogP contribution in [0, 0.1) is 10.8 Å². The number of benzene rings is 1. The topological polar surface area (TPSA) is 36.1 Å². The van der Waals surface area contributed by atoms with E-state index in [1.54, 1.807) is 0 Å². The third-order valence-corrected chi connectivity index (χ3v) is 5.91. The molecule has 2 heterocycles. The molecule has 1 amide bonds. The zero-order valence-electron chi connectivity index (χ0n) is 13.9. The zero-order chi connectivity index (χ0) is 16.5. The van der Waals surface area contributed by atoms with E-state index in [9.17, 15) is 4.79 Å². The summed E-state index contributed by atoms with van der Waals surface area (Å²) < 4.78 is 0. The first-order chi connectivity index (χ1) is 10.7. The van der Waals surface area contributed by atoms with Gasteiger partial charge in [-0.2, -0.15) is 0 Å². The van der Waals surface area contributed by atoms with Gasteiger partial charge in [0.1, 0.15) is 5.00 Å². The Kier molecular flexibility index (Phi) is 2.97. The number of nitrogens with zero attached hydrogens (tertiary/aromatic N) is 1. The van der Waals surface area contributed by atoms with Crippen molar-refractivity contribution in [2.24, 2.45) is 10.8 Å². The maximum absolute atomic E-state index is 13.2. The molecule has 1 aliphatic heterocycles. The molecule has 1 unspecified atom stereocenters. The predicted octanol–water partition coefficient (Wildman–Crippen LogP) is 4.78. The fourth-order valence-corrected chi connectivity index (χ4v) is 6.02. The monoisotopic (exact) mass is 330 g/mol. The van der Waals surface area contributed by atoms with E-state index in [-0.39, 0.29) is 16.7 Å². The summed E-state index contributed by atoms with van der Waals surface area (Å²) in [5, 5.41) is 0.976. The fourth-order valence-electron chi connectivity index (χ4n) is 5.20. The van der Waals surface area contributed by atoms with Gasteiger partial charge in [-0.05, 0) is 36.2 Å². The normalized spacial score (nSPS) is 32.4. The number of rotatable bonds is 1. The van der Waals surface area contributed by atoms with Crippen molar-refractivity contribution in [1.82, 2.24) is 9.88 Å². The largest absolute Gasteiger partial charge is 0.360 e. The van der Waals surface area contributed by atoms with Gasteiger partial charge < -0.3 is 9.88 Å². The Morgan fingerprint density at radius 2 is 1.91 bits per heavy atom. The number of para-hydroxylation sites is 1. The van der Waals surface area contributed by atoms with Gasteiger partial charge in [-0.3, -0.25) is 4.79 Å². The second kappa shape index (κ2) is 4.54. The van der Waals surface area contributed by atoms with E-state index in [0.29, 0.717) is 0 Å². The van der Waals surface area contributed by atoms with Gasteiger partial charge in [-0.25, -0.2) is 0 Å². The number of hydrogen-bond donors (Lipinski definition) is 1. The summed E-state index contributed by atoms with van der Waals surface area (Å²) >= 11 is 7.00. The number of fused-ring (bicyclic) bond motifs is 3. The van der Waals surface area contributed by atoms with Crippen LogP contribution in [0.1, 0.15) is 50.4 Å². The maximum atomic E-state index is 13.2. The number of carbonyl (C=O) groups is 1. The van der Waals surface area contributed by atoms with E-state index in [0.717, 1.165) is 42.3 Å². The van der Waals surface area contributed by atoms with Crippen molar-refractivity contribution in [1.29, 1.82) is 0 Å². The van der Waals surface area contributed by atoms with Crippen LogP contribution in [0.25, 0.3) is 10.9 Å². The molecule has 2 fully saturated rings. The number of H-pyrrole nitrogens is 1. The van der Waals surface area contributed by atoms with E-state index in [1.165, 1.54) is 0 Å². The van der Waals surface area contributed by atoms with Crippen molar-refractivity contribution in [3.05, 3.63) is 36.0 Å². The van der Waals surface area contributed by atoms with Gasteiger partial charge in [0.25, 0.3) is 5.91 Å². The number of carbonyl (C=O) groups excluding carboxylic acids is 1. The standard InChI is InChI=1S/C19H23ClN2O/c1-17(2)9-18(3)11-19(20,10-17)22(12-18)16(23)14-8-21-15-7-5-4-6-13(14)15/h4-8,21H,9-12H2,1-3H3/t18-,19?/m1/s1. The Hall–Kier alpha value is -1.48. The minimum absolute atomic E-state index is 0.0545. The van der Waals surface area contributed by atoms with E-state index >= 15 is 0 Å². The molecule has 2 atom stereocenters. The van der Waals surface area contributed by atoms with Crippen molar-refractivity contribution in [3.63, 3.8) is 0 Å². The Balaban J connectivity index is 1.75. The van der Waals surface area contributed by atoms with Gasteiger partial charge in [0.05, 0.1) is 5.56 Å². The lowest BCUT2D eigenvalue weighted by Gasteiger charge is -2.44. The Morgan fingerprint density at radius 3 is 2.70 bits per heavy atom. The van der Waals surface area contributed by atoms with Crippen molar-refractivity contribution in [2.75, 3.05) is 6.54 Å². The molecular weight excluding hydrogens is 308 g/mol. The molecule has 1 aromatic carbocycles. The lowest BCUT2D eigenvalue weighted by atomic mass is 9.65. The summed E-state index contributed by atoms with van der Waals surface area (Å²) in [6.45, 7) is 7.55. The van der Waals surface area contributed by atoms with E-state index < -0.39 is 5.00 Å². The van der Waals surface area contributed by atoms with E-state index in [1.807, 2.05) is 35.4 Å². The van der Waals surface area contributed by atoms with Crippen LogP contribution >= 0.6 is 11.6 Å². The van der Waals surface area contributed by atoms with Crippen LogP contribution in [-0.4, -0.2) is 27.3 Å². The molecule has 3 nitrogen and oxygen atoms in total. The highest BCUT2D eigenvalue weighted by atomic mass is 35.5. The van der Waals surface area contributed by atoms with Crippen LogP contribution in [-0.2, 0) is 0 Å². The second-order valence-corrected chi connectivity index (χ2v) is 9.27. The average Bonchev–Trinajstić information content (AvgIpc) is 2.93. The highest BCUT2D eigenvalue weighted by molar-refractivity contribution is 6.26. The first kappa shape index (κ1) is 15.1. The number of amides is 1. The van der Waals surface area contributed by atoms with Gasteiger partial charge in [-0.1, -0.05) is 50.6 Å². The Bertz CT molecular complexity index is 796. The van der Waals surface area contributed by atoms with Crippen LogP contribution in [0.15, 0.2) is 30.5 Å². The van der Waals surface area contributed by atoms with Crippen LogP contribution < -0.4 is 0 Å². The molecule has 1 saturated carbocycles. The fraction of sp³-hybridized carbons (Fsp3) is 0.526. The number of aromatic nitrogens is 1. The number of likely N-dealkylation sites (tertiary alicyclic amines) is 1. The maximum Gasteiger partial charge on any atom is 0.257 e. The molecule has 122 valence electrons.